The Morgan fingerprint density at radius 2 is 2.05 bits per heavy atom. The number of rotatable bonds is 3. The summed E-state index contributed by atoms with van der Waals surface area (Å²) in [6, 6.07) is 3.64. The molecule has 102 valence electrons. The molecule has 0 saturated carbocycles. The smallest absolute Gasteiger partial charge is 0.169 e. The Bertz CT molecular complexity index is 876. The van der Waals surface area contributed by atoms with Crippen LogP contribution < -0.4 is 0 Å². The van der Waals surface area contributed by atoms with Gasteiger partial charge in [0.15, 0.2) is 5.78 Å². The van der Waals surface area contributed by atoms with Crippen molar-refractivity contribution < 1.29 is 8.91 Å². The van der Waals surface area contributed by atoms with Crippen LogP contribution in [0.3, 0.4) is 0 Å². The average Bonchev–Trinajstić information content (AvgIpc) is 3.12. The monoisotopic (exact) mass is 271 g/mol. The zero-order chi connectivity index (χ0) is 16.8. The Morgan fingerprint density at radius 1 is 1.20 bits per heavy atom. The van der Waals surface area contributed by atoms with Crippen LogP contribution in [0.5, 0.6) is 0 Å². The Balaban J connectivity index is 2.02. The van der Waals surface area contributed by atoms with E-state index in [1.54, 1.807) is 16.9 Å². The van der Waals surface area contributed by atoms with Crippen LogP contribution in [0.2, 0.25) is 0 Å². The van der Waals surface area contributed by atoms with Gasteiger partial charge < -0.3 is 0 Å². The fraction of sp³-hybridized carbons (Fsp3) is 0.267. The van der Waals surface area contributed by atoms with E-state index in [-0.39, 0.29) is 11.7 Å². The first-order valence-corrected chi connectivity index (χ1v) is 6.34. The fourth-order valence-corrected chi connectivity index (χ4v) is 2.13. The van der Waals surface area contributed by atoms with Gasteiger partial charge in [-0.25, -0.2) is 4.52 Å². The minimum Gasteiger partial charge on any atom is -0.294 e. The largest absolute Gasteiger partial charge is 0.294 e. The van der Waals surface area contributed by atoms with E-state index in [4.69, 9.17) is 4.11 Å². The van der Waals surface area contributed by atoms with E-state index in [0.717, 1.165) is 15.8 Å². The highest BCUT2D eigenvalue weighted by Crippen LogP contribution is 2.21. The Morgan fingerprint density at radius 3 is 2.75 bits per heavy atom. The number of hydrogen-bond donors (Lipinski definition) is 0. The molecule has 0 aromatic carbocycles. The van der Waals surface area contributed by atoms with E-state index in [9.17, 15) is 4.79 Å². The molecule has 0 aliphatic rings. The molecule has 0 aliphatic heterocycles. The SMILES string of the molecule is [2H]C([2H])([2H])n1cc(-c2ccc3c(C(=O)C(C)C)cnn3c2)cn1. The molecular weight excluding hydrogens is 252 g/mol. The van der Waals surface area contributed by atoms with Crippen molar-refractivity contribution in [2.75, 3.05) is 0 Å². The normalized spacial score (nSPS) is 14.2. The minimum atomic E-state index is -2.30. The molecule has 0 aliphatic carbocycles. The van der Waals surface area contributed by atoms with Gasteiger partial charge in [-0.05, 0) is 6.07 Å². The second-order valence-electron chi connectivity index (χ2n) is 5.00. The first kappa shape index (κ1) is 9.47. The molecular formula is C15H16N4O. The van der Waals surface area contributed by atoms with E-state index >= 15 is 0 Å². The standard InChI is InChI=1S/C15H16N4O/c1-10(2)15(20)13-7-17-19-9-11(4-5-14(13)19)12-6-16-18(3)8-12/h4-10H,1-3H3/i3D3. The summed E-state index contributed by atoms with van der Waals surface area (Å²) in [5.74, 6) is -0.0526. The zero-order valence-corrected chi connectivity index (χ0v) is 11.2. The molecule has 0 bridgehead atoms. The summed E-state index contributed by atoms with van der Waals surface area (Å²) in [5.41, 5.74) is 2.77. The molecule has 20 heavy (non-hydrogen) atoms. The maximum absolute atomic E-state index is 12.2. The summed E-state index contributed by atoms with van der Waals surface area (Å²) in [6.07, 6.45) is 6.29. The van der Waals surface area contributed by atoms with Crippen molar-refractivity contribution >= 4 is 11.3 Å². The second kappa shape index (κ2) is 4.59. The third-order valence-electron chi connectivity index (χ3n) is 3.22. The molecule has 3 aromatic rings. The number of carbonyl (C=O) groups excluding carboxylic acids is 1. The number of hydrogen-bond acceptors (Lipinski definition) is 3. The van der Waals surface area contributed by atoms with Crippen LogP contribution in [0.1, 0.15) is 28.3 Å². The van der Waals surface area contributed by atoms with Crippen LogP contribution in [-0.4, -0.2) is 25.2 Å². The molecule has 5 heteroatoms. The van der Waals surface area contributed by atoms with E-state index in [1.807, 2.05) is 26.0 Å². The lowest BCUT2D eigenvalue weighted by Gasteiger charge is -2.03. The zero-order valence-electron chi connectivity index (χ0n) is 14.2. The lowest BCUT2D eigenvalue weighted by molar-refractivity contribution is 0.0941. The van der Waals surface area contributed by atoms with Gasteiger partial charge in [0.2, 0.25) is 0 Å². The number of pyridine rings is 1. The van der Waals surface area contributed by atoms with E-state index in [1.165, 1.54) is 12.4 Å². The maximum atomic E-state index is 12.2. The Kier molecular flexibility index (Phi) is 2.18. The Labute approximate surface area is 121 Å². The third-order valence-corrected chi connectivity index (χ3v) is 3.22. The van der Waals surface area contributed by atoms with Gasteiger partial charge in [0, 0.05) is 40.5 Å². The second-order valence-corrected chi connectivity index (χ2v) is 5.00. The van der Waals surface area contributed by atoms with Crippen molar-refractivity contribution in [1.82, 2.24) is 19.4 Å². The topological polar surface area (TPSA) is 52.2 Å². The molecule has 3 heterocycles. The summed E-state index contributed by atoms with van der Waals surface area (Å²) < 4.78 is 24.6. The molecule has 0 fully saturated rings. The van der Waals surface area contributed by atoms with Crippen LogP contribution in [0.25, 0.3) is 16.6 Å². The molecule has 5 nitrogen and oxygen atoms in total. The number of nitrogens with zero attached hydrogens (tertiary/aromatic N) is 4. The Hall–Kier alpha value is -2.43. The average molecular weight is 271 g/mol. The van der Waals surface area contributed by atoms with Crippen LogP contribution in [0, 0.1) is 5.92 Å². The van der Waals surface area contributed by atoms with Crippen molar-refractivity contribution in [3.05, 3.63) is 42.5 Å². The van der Waals surface area contributed by atoms with Gasteiger partial charge in [-0.3, -0.25) is 9.48 Å². The van der Waals surface area contributed by atoms with Crippen LogP contribution in [-0.2, 0) is 6.98 Å². The fourth-order valence-electron chi connectivity index (χ4n) is 2.13. The van der Waals surface area contributed by atoms with Gasteiger partial charge in [0.1, 0.15) is 0 Å². The lowest BCUT2D eigenvalue weighted by atomic mass is 10.0. The van der Waals surface area contributed by atoms with Crippen molar-refractivity contribution in [2.24, 2.45) is 12.9 Å². The molecule has 3 rings (SSSR count). The van der Waals surface area contributed by atoms with Crippen molar-refractivity contribution in [2.45, 2.75) is 13.8 Å². The minimum absolute atomic E-state index is 0.0444. The first-order valence-electron chi connectivity index (χ1n) is 7.84. The lowest BCUT2D eigenvalue weighted by Crippen LogP contribution is -2.06. The van der Waals surface area contributed by atoms with Crippen LogP contribution >= 0.6 is 0 Å². The highest BCUT2D eigenvalue weighted by Gasteiger charge is 2.16. The summed E-state index contributed by atoms with van der Waals surface area (Å²) in [5, 5.41) is 8.09. The maximum Gasteiger partial charge on any atom is 0.169 e. The number of fused-ring (bicyclic) bond motifs is 1. The van der Waals surface area contributed by atoms with Crippen molar-refractivity contribution in [3.8, 4) is 11.1 Å². The number of carbonyl (C=O) groups is 1. The highest BCUT2D eigenvalue weighted by molar-refractivity contribution is 6.03. The van der Waals surface area contributed by atoms with Crippen LogP contribution in [0.4, 0.5) is 0 Å². The van der Waals surface area contributed by atoms with Gasteiger partial charge in [-0.15, -0.1) is 0 Å². The summed E-state index contributed by atoms with van der Waals surface area (Å²) in [7, 11) is 0. The van der Waals surface area contributed by atoms with E-state index in [2.05, 4.69) is 10.2 Å². The summed E-state index contributed by atoms with van der Waals surface area (Å²) in [6.45, 7) is 1.40. The number of aryl methyl sites for hydroxylation is 1. The molecule has 0 radical (unpaired) electrons. The molecule has 0 saturated heterocycles. The number of ketones is 1. The van der Waals surface area contributed by atoms with Crippen LogP contribution in [0.15, 0.2) is 36.9 Å². The molecule has 0 atom stereocenters. The molecule has 0 spiro atoms. The predicted molar refractivity (Wildman–Crippen MR) is 76.6 cm³/mol. The van der Waals surface area contributed by atoms with Gasteiger partial charge >= 0.3 is 0 Å². The molecule has 0 amide bonds. The summed E-state index contributed by atoms with van der Waals surface area (Å²) in [4.78, 5) is 12.2. The van der Waals surface area contributed by atoms with Gasteiger partial charge in [0.25, 0.3) is 0 Å². The van der Waals surface area contributed by atoms with E-state index < -0.39 is 6.98 Å². The highest BCUT2D eigenvalue weighted by atomic mass is 16.1. The van der Waals surface area contributed by atoms with Gasteiger partial charge in [0.05, 0.1) is 23.5 Å². The van der Waals surface area contributed by atoms with Crippen molar-refractivity contribution in [1.29, 1.82) is 0 Å². The van der Waals surface area contributed by atoms with E-state index in [0.29, 0.717) is 11.1 Å². The number of aromatic nitrogens is 4. The quantitative estimate of drug-likeness (QED) is 0.688. The van der Waals surface area contributed by atoms with Gasteiger partial charge in [-0.2, -0.15) is 10.2 Å². The van der Waals surface area contributed by atoms with Gasteiger partial charge in [-0.1, -0.05) is 19.9 Å². The molecule has 0 N–H and O–H groups in total. The third kappa shape index (κ3) is 2.01. The molecule has 3 aromatic heterocycles. The predicted octanol–water partition coefficient (Wildman–Crippen LogP) is 2.57. The summed E-state index contributed by atoms with van der Waals surface area (Å²) >= 11 is 0. The number of Topliss-reactive ketones (excluding diaryl/α,β-unsaturated/α-hetero) is 1. The van der Waals surface area contributed by atoms with Crippen molar-refractivity contribution in [3.63, 3.8) is 0 Å². The molecule has 0 unspecified atom stereocenters. The first-order chi connectivity index (χ1) is 10.8.